The average Bonchev–Trinajstić information content (AvgIpc) is 3.16. The lowest BCUT2D eigenvalue weighted by molar-refractivity contribution is -0.119. The van der Waals surface area contributed by atoms with Crippen LogP contribution in [-0.4, -0.2) is 25.7 Å². The second-order valence-electron chi connectivity index (χ2n) is 7.13. The number of carbonyl (C=O) groups is 2. The van der Waals surface area contributed by atoms with Crippen LogP contribution in [0.5, 0.6) is 0 Å². The Hall–Kier alpha value is -2.67. The van der Waals surface area contributed by atoms with E-state index >= 15 is 0 Å². The molecule has 1 N–H and O–H groups in total. The van der Waals surface area contributed by atoms with Gasteiger partial charge >= 0.3 is 0 Å². The van der Waals surface area contributed by atoms with Crippen LogP contribution in [0.1, 0.15) is 46.8 Å². The Bertz CT molecular complexity index is 1070. The van der Waals surface area contributed by atoms with E-state index in [4.69, 9.17) is 9.97 Å². The molecule has 1 unspecified atom stereocenters. The number of imidazole rings is 1. The number of nitrogens with one attached hydrogen (secondary N) is 1. The largest absolute Gasteiger partial charge is 0.308 e. The Kier molecular flexibility index (Phi) is 4.93. The van der Waals surface area contributed by atoms with Gasteiger partial charge in [-0.2, -0.15) is 0 Å². The molecule has 0 radical (unpaired) electrons. The minimum absolute atomic E-state index is 0.247. The number of nitrogens with zero attached hydrogens (tertiary/aromatic N) is 3. The Morgan fingerprint density at radius 1 is 1.14 bits per heavy atom. The molecule has 1 aromatic carbocycles. The van der Waals surface area contributed by atoms with Crippen LogP contribution in [0.15, 0.2) is 30.3 Å². The smallest absolute Gasteiger partial charge is 0.286 e. The number of hydrogen-bond donors (Lipinski definition) is 1. The van der Waals surface area contributed by atoms with Crippen LogP contribution < -0.4 is 5.32 Å². The molecular weight excluding hydrogens is 372 g/mol. The van der Waals surface area contributed by atoms with Gasteiger partial charge in [0.25, 0.3) is 5.24 Å². The molecule has 28 heavy (non-hydrogen) atoms. The number of imide groups is 1. The van der Waals surface area contributed by atoms with Crippen LogP contribution in [0.25, 0.3) is 11.2 Å². The van der Waals surface area contributed by atoms with Gasteiger partial charge in [-0.25, -0.2) is 9.97 Å². The third kappa shape index (κ3) is 3.42. The summed E-state index contributed by atoms with van der Waals surface area (Å²) in [5.74, 6) is 0.794. The first-order valence-corrected chi connectivity index (χ1v) is 10.3. The molecule has 0 spiro atoms. The van der Waals surface area contributed by atoms with Crippen LogP contribution in [0.4, 0.5) is 4.79 Å². The normalized spacial score (nSPS) is 16.8. The lowest BCUT2D eigenvalue weighted by Gasteiger charge is -2.11. The quantitative estimate of drug-likeness (QED) is 0.706. The van der Waals surface area contributed by atoms with E-state index in [9.17, 15) is 9.59 Å². The molecule has 1 atom stereocenters. The molecule has 1 fully saturated rings. The fraction of sp³-hybridized carbons (Fsp3) is 0.333. The van der Waals surface area contributed by atoms with E-state index in [-0.39, 0.29) is 11.1 Å². The monoisotopic (exact) mass is 394 g/mol. The maximum Gasteiger partial charge on any atom is 0.286 e. The highest BCUT2D eigenvalue weighted by atomic mass is 32.2. The molecule has 7 heteroatoms. The minimum atomic E-state index is -0.460. The van der Waals surface area contributed by atoms with Crippen molar-refractivity contribution >= 4 is 34.1 Å². The first-order valence-electron chi connectivity index (χ1n) is 9.40. The van der Waals surface area contributed by atoms with Crippen LogP contribution in [0.3, 0.4) is 0 Å². The molecule has 0 saturated carbocycles. The molecule has 0 aliphatic carbocycles. The standard InChI is InChI=1S/C21H22N4O2S/c1-4-5-16-23-17-12(2)10-13(3)22-19(17)25(16)11-14-6-8-15(9-7-14)18-20(26)24-21(27)28-18/h6-10,18H,4-5,11H2,1-3H3,(H,24,26,27). The summed E-state index contributed by atoms with van der Waals surface area (Å²) in [5.41, 5.74) is 5.95. The predicted molar refractivity (Wildman–Crippen MR) is 110 cm³/mol. The zero-order valence-electron chi connectivity index (χ0n) is 16.2. The van der Waals surface area contributed by atoms with Crippen LogP contribution in [0, 0.1) is 13.8 Å². The Labute approximate surface area is 167 Å². The maximum atomic E-state index is 11.9. The summed E-state index contributed by atoms with van der Waals surface area (Å²) in [4.78, 5) is 32.9. The molecule has 3 aromatic rings. The van der Waals surface area contributed by atoms with Crippen molar-refractivity contribution in [2.75, 3.05) is 0 Å². The van der Waals surface area contributed by atoms with Crippen molar-refractivity contribution < 1.29 is 9.59 Å². The van der Waals surface area contributed by atoms with Crippen molar-refractivity contribution in [3.8, 4) is 0 Å². The van der Waals surface area contributed by atoms with Crippen molar-refractivity contribution in [1.82, 2.24) is 19.9 Å². The fourth-order valence-electron chi connectivity index (χ4n) is 3.58. The first-order chi connectivity index (χ1) is 13.5. The summed E-state index contributed by atoms with van der Waals surface area (Å²) in [6.45, 7) is 6.90. The lowest BCUT2D eigenvalue weighted by atomic mass is 10.1. The Balaban J connectivity index is 1.67. The molecule has 1 saturated heterocycles. The van der Waals surface area contributed by atoms with Crippen LogP contribution >= 0.6 is 11.8 Å². The van der Waals surface area contributed by atoms with Crippen molar-refractivity contribution in [3.63, 3.8) is 0 Å². The molecule has 2 amide bonds. The van der Waals surface area contributed by atoms with Gasteiger partial charge in [-0.05, 0) is 54.8 Å². The third-order valence-electron chi connectivity index (χ3n) is 4.89. The summed E-state index contributed by atoms with van der Waals surface area (Å²) in [6.07, 6.45) is 1.91. The first kappa shape index (κ1) is 18.7. The molecule has 6 nitrogen and oxygen atoms in total. The summed E-state index contributed by atoms with van der Waals surface area (Å²) < 4.78 is 2.19. The number of thioether (sulfide) groups is 1. The van der Waals surface area contributed by atoms with Gasteiger partial charge in [0.15, 0.2) is 5.65 Å². The van der Waals surface area contributed by atoms with Gasteiger partial charge in [-0.1, -0.05) is 31.2 Å². The molecule has 0 bridgehead atoms. The van der Waals surface area contributed by atoms with Gasteiger partial charge in [-0.3, -0.25) is 14.9 Å². The number of rotatable bonds is 5. The predicted octanol–water partition coefficient (Wildman–Crippen LogP) is 4.07. The van der Waals surface area contributed by atoms with Gasteiger partial charge in [0, 0.05) is 12.1 Å². The Morgan fingerprint density at radius 3 is 2.54 bits per heavy atom. The number of aryl methyl sites for hydroxylation is 3. The highest BCUT2D eigenvalue weighted by molar-refractivity contribution is 8.15. The van der Waals surface area contributed by atoms with E-state index in [1.54, 1.807) is 0 Å². The second kappa shape index (κ2) is 7.39. The number of amides is 2. The number of carbonyl (C=O) groups excluding carboxylic acids is 2. The van der Waals surface area contributed by atoms with Gasteiger partial charge in [0.2, 0.25) is 5.91 Å². The number of aromatic nitrogens is 3. The van der Waals surface area contributed by atoms with E-state index in [0.29, 0.717) is 6.54 Å². The molecule has 3 heterocycles. The minimum Gasteiger partial charge on any atom is -0.308 e. The average molecular weight is 395 g/mol. The maximum absolute atomic E-state index is 11.9. The van der Waals surface area contributed by atoms with E-state index in [1.165, 1.54) is 0 Å². The molecule has 144 valence electrons. The fourth-order valence-corrected chi connectivity index (χ4v) is 4.42. The van der Waals surface area contributed by atoms with Crippen molar-refractivity contribution in [2.45, 2.75) is 45.4 Å². The van der Waals surface area contributed by atoms with E-state index in [1.807, 2.05) is 31.2 Å². The number of benzene rings is 1. The summed E-state index contributed by atoms with van der Waals surface area (Å²) in [5, 5.41) is 1.59. The summed E-state index contributed by atoms with van der Waals surface area (Å²) in [7, 11) is 0. The van der Waals surface area contributed by atoms with Crippen LogP contribution in [0.2, 0.25) is 0 Å². The van der Waals surface area contributed by atoms with Gasteiger partial charge in [0.05, 0.1) is 6.54 Å². The SMILES string of the molecule is CCCc1nc2c(C)cc(C)nc2n1Cc1ccc(C2SC(=O)NC2=O)cc1. The summed E-state index contributed by atoms with van der Waals surface area (Å²) >= 11 is 1.03. The second-order valence-corrected chi connectivity index (χ2v) is 8.21. The van der Waals surface area contributed by atoms with E-state index in [2.05, 4.69) is 29.8 Å². The van der Waals surface area contributed by atoms with Gasteiger partial charge < -0.3 is 4.57 Å². The summed E-state index contributed by atoms with van der Waals surface area (Å²) in [6, 6.07) is 9.93. The molecule has 1 aliphatic rings. The molecular formula is C21H22N4O2S. The molecule has 1 aliphatic heterocycles. The van der Waals surface area contributed by atoms with E-state index < -0.39 is 5.25 Å². The highest BCUT2D eigenvalue weighted by Gasteiger charge is 2.32. The molecule has 2 aromatic heterocycles. The lowest BCUT2D eigenvalue weighted by Crippen LogP contribution is -2.20. The Morgan fingerprint density at radius 2 is 1.89 bits per heavy atom. The molecule has 4 rings (SSSR count). The van der Waals surface area contributed by atoms with Crippen molar-refractivity contribution in [1.29, 1.82) is 0 Å². The van der Waals surface area contributed by atoms with E-state index in [0.717, 1.165) is 64.0 Å². The zero-order valence-corrected chi connectivity index (χ0v) is 17.0. The van der Waals surface area contributed by atoms with Gasteiger partial charge in [-0.15, -0.1) is 0 Å². The van der Waals surface area contributed by atoms with Crippen molar-refractivity contribution in [3.05, 3.63) is 58.5 Å². The van der Waals surface area contributed by atoms with Gasteiger partial charge in [0.1, 0.15) is 16.6 Å². The number of hydrogen-bond acceptors (Lipinski definition) is 5. The topological polar surface area (TPSA) is 76.9 Å². The number of pyridine rings is 1. The van der Waals surface area contributed by atoms with Crippen LogP contribution in [-0.2, 0) is 17.8 Å². The zero-order chi connectivity index (χ0) is 19.8. The third-order valence-corrected chi connectivity index (χ3v) is 5.92. The highest BCUT2D eigenvalue weighted by Crippen LogP contribution is 2.34. The number of fused-ring (bicyclic) bond motifs is 1. The van der Waals surface area contributed by atoms with Crippen molar-refractivity contribution in [2.24, 2.45) is 0 Å².